The first-order valence-electron chi connectivity index (χ1n) is 10.3. The minimum Gasteiger partial charge on any atom is -0.495 e. The number of aromatic nitrogens is 1. The molecular formula is C24H25Cl2FN2O4. The van der Waals surface area contributed by atoms with Crippen LogP contribution in [0.2, 0.25) is 10.0 Å². The van der Waals surface area contributed by atoms with E-state index in [0.717, 1.165) is 6.42 Å². The molecule has 1 aliphatic rings. The summed E-state index contributed by atoms with van der Waals surface area (Å²) in [6.45, 7) is 4.63. The third-order valence-corrected chi connectivity index (χ3v) is 6.17. The van der Waals surface area contributed by atoms with E-state index in [1.807, 2.05) is 0 Å². The Morgan fingerprint density at radius 1 is 1.30 bits per heavy atom. The van der Waals surface area contributed by atoms with Crippen molar-refractivity contribution in [3.63, 3.8) is 0 Å². The number of ether oxygens (including phenoxy) is 3. The van der Waals surface area contributed by atoms with Crippen molar-refractivity contribution in [2.45, 2.75) is 18.9 Å². The highest BCUT2D eigenvalue weighted by molar-refractivity contribution is 6.39. The molecule has 1 fully saturated rings. The van der Waals surface area contributed by atoms with Gasteiger partial charge in [-0.2, -0.15) is 0 Å². The number of methoxy groups -OCH3 is 2. The lowest BCUT2D eigenvalue weighted by molar-refractivity contribution is -0.116. The number of benzene rings is 1. The van der Waals surface area contributed by atoms with Gasteiger partial charge in [0.25, 0.3) is 0 Å². The molecule has 0 aliphatic carbocycles. The topological polar surface area (TPSA) is 69.7 Å². The minimum atomic E-state index is -0.659. The van der Waals surface area contributed by atoms with Gasteiger partial charge in [0.15, 0.2) is 5.78 Å². The van der Waals surface area contributed by atoms with Crippen molar-refractivity contribution in [2.24, 2.45) is 5.92 Å². The Morgan fingerprint density at radius 2 is 2.00 bits per heavy atom. The summed E-state index contributed by atoms with van der Waals surface area (Å²) in [4.78, 5) is 16.2. The van der Waals surface area contributed by atoms with Gasteiger partial charge >= 0.3 is 0 Å². The van der Waals surface area contributed by atoms with Gasteiger partial charge in [0.05, 0.1) is 42.5 Å². The van der Waals surface area contributed by atoms with Crippen LogP contribution in [0.25, 0.3) is 11.9 Å². The van der Waals surface area contributed by atoms with E-state index in [4.69, 9.17) is 37.4 Å². The zero-order chi connectivity index (χ0) is 24.0. The SMILES string of the molecule is C=CC(=O)C[C@H]1CCOC[C@H]1Nc1ccc(/C=C(\F)c2c(Cl)c(OC)cc(OC)c2Cl)cn1. The predicted octanol–water partition coefficient (Wildman–Crippen LogP) is 5.84. The maximum Gasteiger partial charge on any atom is 0.155 e. The smallest absolute Gasteiger partial charge is 0.155 e. The lowest BCUT2D eigenvalue weighted by Gasteiger charge is -2.32. The quantitative estimate of drug-likeness (QED) is 0.441. The number of allylic oxidation sites excluding steroid dienone is 1. The maximum atomic E-state index is 15.1. The van der Waals surface area contributed by atoms with E-state index < -0.39 is 5.83 Å². The number of nitrogens with zero attached hydrogens (tertiary/aromatic N) is 1. The molecule has 0 saturated carbocycles. The number of nitrogens with one attached hydrogen (secondary N) is 1. The van der Waals surface area contributed by atoms with Crippen molar-refractivity contribution in [1.82, 2.24) is 4.98 Å². The third kappa shape index (κ3) is 6.05. The van der Waals surface area contributed by atoms with Gasteiger partial charge in [-0.15, -0.1) is 0 Å². The Labute approximate surface area is 202 Å². The van der Waals surface area contributed by atoms with Gasteiger partial charge in [0.2, 0.25) is 0 Å². The molecule has 1 aromatic carbocycles. The molecule has 0 unspecified atom stereocenters. The van der Waals surface area contributed by atoms with Gasteiger partial charge in [0, 0.05) is 25.3 Å². The van der Waals surface area contributed by atoms with E-state index in [2.05, 4.69) is 16.9 Å². The van der Waals surface area contributed by atoms with Crippen LogP contribution < -0.4 is 14.8 Å². The predicted molar refractivity (Wildman–Crippen MR) is 129 cm³/mol. The van der Waals surface area contributed by atoms with Crippen LogP contribution in [0.3, 0.4) is 0 Å². The van der Waals surface area contributed by atoms with E-state index in [1.54, 1.807) is 12.1 Å². The average molecular weight is 495 g/mol. The second-order valence-corrected chi connectivity index (χ2v) is 8.26. The van der Waals surface area contributed by atoms with Crippen LogP contribution in [0, 0.1) is 5.92 Å². The highest BCUT2D eigenvalue weighted by Gasteiger charge is 2.27. The zero-order valence-electron chi connectivity index (χ0n) is 18.4. The molecule has 33 heavy (non-hydrogen) atoms. The summed E-state index contributed by atoms with van der Waals surface area (Å²) in [5.41, 5.74) is 0.482. The molecule has 0 spiro atoms. The molecule has 2 aromatic rings. The highest BCUT2D eigenvalue weighted by atomic mass is 35.5. The molecule has 6 nitrogen and oxygen atoms in total. The summed E-state index contributed by atoms with van der Waals surface area (Å²) in [6, 6.07) is 4.88. The Hall–Kier alpha value is -2.61. The van der Waals surface area contributed by atoms with Crippen LogP contribution in [0.15, 0.2) is 37.1 Å². The summed E-state index contributed by atoms with van der Waals surface area (Å²) in [6.07, 6.45) is 5.32. The molecule has 2 heterocycles. The van der Waals surface area contributed by atoms with Crippen LogP contribution in [0.5, 0.6) is 11.5 Å². The second kappa shape index (κ2) is 11.5. The number of pyridine rings is 1. The fraction of sp³-hybridized carbons (Fsp3) is 0.333. The van der Waals surface area contributed by atoms with Gasteiger partial charge in [-0.25, -0.2) is 9.37 Å². The molecule has 1 N–H and O–H groups in total. The van der Waals surface area contributed by atoms with Crippen LogP contribution in [-0.4, -0.2) is 44.2 Å². The zero-order valence-corrected chi connectivity index (χ0v) is 19.9. The minimum absolute atomic E-state index is 0.00381. The molecule has 1 aromatic heterocycles. The number of hydrogen-bond donors (Lipinski definition) is 1. The number of anilines is 1. The molecular weight excluding hydrogens is 470 g/mol. The number of hydrogen-bond acceptors (Lipinski definition) is 6. The number of halogens is 3. The van der Waals surface area contributed by atoms with E-state index >= 15 is 4.39 Å². The maximum absolute atomic E-state index is 15.1. The van der Waals surface area contributed by atoms with Gasteiger partial charge in [-0.3, -0.25) is 4.79 Å². The first kappa shape index (κ1) is 25.0. The second-order valence-electron chi connectivity index (χ2n) is 7.50. The Kier molecular flexibility index (Phi) is 8.72. The van der Waals surface area contributed by atoms with Crippen molar-refractivity contribution < 1.29 is 23.4 Å². The van der Waals surface area contributed by atoms with Gasteiger partial charge in [-0.05, 0) is 42.2 Å². The molecule has 1 aliphatic heterocycles. The lowest BCUT2D eigenvalue weighted by atomic mass is 9.89. The van der Waals surface area contributed by atoms with E-state index in [9.17, 15) is 4.79 Å². The van der Waals surface area contributed by atoms with Crippen LogP contribution in [-0.2, 0) is 9.53 Å². The summed E-state index contributed by atoms with van der Waals surface area (Å²) in [7, 11) is 2.84. The number of carbonyl (C=O) groups excluding carboxylic acids is 1. The molecule has 0 amide bonds. The summed E-state index contributed by atoms with van der Waals surface area (Å²) < 4.78 is 31.1. The van der Waals surface area contributed by atoms with Crippen LogP contribution >= 0.6 is 23.2 Å². The van der Waals surface area contributed by atoms with Gasteiger partial charge in [-0.1, -0.05) is 29.8 Å². The first-order valence-corrected chi connectivity index (χ1v) is 11.1. The Balaban J connectivity index is 1.79. The van der Waals surface area contributed by atoms with E-state index in [-0.39, 0.29) is 44.9 Å². The van der Waals surface area contributed by atoms with Crippen molar-refractivity contribution >= 4 is 46.7 Å². The molecule has 1 saturated heterocycles. The van der Waals surface area contributed by atoms with Crippen molar-refractivity contribution in [1.29, 1.82) is 0 Å². The Morgan fingerprint density at radius 3 is 2.58 bits per heavy atom. The summed E-state index contributed by atoms with van der Waals surface area (Å²) >= 11 is 12.6. The average Bonchev–Trinajstić information content (AvgIpc) is 2.81. The number of ketones is 1. The third-order valence-electron chi connectivity index (χ3n) is 5.42. The highest BCUT2D eigenvalue weighted by Crippen LogP contribution is 2.44. The standard InChI is InChI=1S/C24H25Cl2FN2O4/c1-4-16(30)10-15-7-8-33-13-18(15)29-21-6-5-14(12-28-21)9-17(27)22-23(25)19(31-2)11-20(32-3)24(22)26/h4-6,9,11-12,15,18H,1,7-8,10,13H2,2-3H3,(H,28,29)/b17-9-/t15-,18-/m1/s1. The van der Waals surface area contributed by atoms with E-state index in [0.29, 0.717) is 31.0 Å². The van der Waals surface area contributed by atoms with Crippen molar-refractivity contribution in [2.75, 3.05) is 32.8 Å². The van der Waals surface area contributed by atoms with Gasteiger partial charge in [0.1, 0.15) is 23.1 Å². The summed E-state index contributed by atoms with van der Waals surface area (Å²) in [5.74, 6) is 0.549. The molecule has 2 atom stereocenters. The molecule has 0 radical (unpaired) electrons. The Bertz CT molecular complexity index is 1020. The largest absolute Gasteiger partial charge is 0.495 e. The number of rotatable bonds is 9. The monoisotopic (exact) mass is 494 g/mol. The fourth-order valence-corrected chi connectivity index (χ4v) is 4.29. The molecule has 0 bridgehead atoms. The number of carbonyl (C=O) groups is 1. The van der Waals surface area contributed by atoms with Crippen molar-refractivity contribution in [3.8, 4) is 11.5 Å². The molecule has 9 heteroatoms. The van der Waals surface area contributed by atoms with Crippen molar-refractivity contribution in [3.05, 3.63) is 58.2 Å². The van der Waals surface area contributed by atoms with E-state index in [1.165, 1.54) is 38.6 Å². The molecule has 3 rings (SSSR count). The van der Waals surface area contributed by atoms with Crippen LogP contribution in [0.1, 0.15) is 24.0 Å². The lowest BCUT2D eigenvalue weighted by Crippen LogP contribution is -2.39. The van der Waals surface area contributed by atoms with Gasteiger partial charge < -0.3 is 19.5 Å². The fourth-order valence-electron chi connectivity index (χ4n) is 3.61. The summed E-state index contributed by atoms with van der Waals surface area (Å²) in [5, 5.41) is 3.39. The van der Waals surface area contributed by atoms with Crippen LogP contribution in [0.4, 0.5) is 10.2 Å². The molecule has 176 valence electrons. The first-order chi connectivity index (χ1) is 15.9. The normalized spacial score (nSPS) is 18.5.